The third-order valence-electron chi connectivity index (χ3n) is 5.87. The fraction of sp³-hybridized carbons (Fsp3) is 0.500. The molecule has 2 aromatic rings. The predicted octanol–water partition coefficient (Wildman–Crippen LogP) is 2.65. The molecule has 2 aliphatic heterocycles. The maximum atomic E-state index is 12.9. The lowest BCUT2D eigenvalue weighted by Gasteiger charge is -2.36. The smallest absolute Gasteiger partial charge is 0.236 e. The number of likely N-dealkylation sites (tertiary alicyclic amines) is 1. The molecule has 7 heteroatoms. The predicted molar refractivity (Wildman–Crippen MR) is 109 cm³/mol. The number of nitriles is 1. The Hall–Kier alpha value is -2.85. The number of rotatable bonds is 4. The van der Waals surface area contributed by atoms with Crippen molar-refractivity contribution >= 4 is 11.8 Å². The maximum absolute atomic E-state index is 12.9. The lowest BCUT2D eigenvalue weighted by Crippen LogP contribution is -2.51. The van der Waals surface area contributed by atoms with Gasteiger partial charge in [0.15, 0.2) is 5.89 Å². The van der Waals surface area contributed by atoms with Gasteiger partial charge < -0.3 is 14.2 Å². The van der Waals surface area contributed by atoms with E-state index in [1.165, 1.54) is 11.1 Å². The monoisotopic (exact) mass is 393 g/mol. The van der Waals surface area contributed by atoms with Gasteiger partial charge in [-0.25, -0.2) is 4.98 Å². The molecule has 1 amide bonds. The lowest BCUT2D eigenvalue weighted by atomic mass is 10.0. The summed E-state index contributed by atoms with van der Waals surface area (Å²) in [6.45, 7) is 7.84. The van der Waals surface area contributed by atoms with Crippen molar-refractivity contribution < 1.29 is 9.21 Å². The molecule has 0 N–H and O–H groups in total. The van der Waals surface area contributed by atoms with Crippen LogP contribution in [0.3, 0.4) is 0 Å². The third kappa shape index (κ3) is 4.13. The van der Waals surface area contributed by atoms with Gasteiger partial charge in [-0.15, -0.1) is 0 Å². The first-order valence-corrected chi connectivity index (χ1v) is 10.3. The highest BCUT2D eigenvalue weighted by Gasteiger charge is 2.31. The van der Waals surface area contributed by atoms with Crippen molar-refractivity contribution in [2.24, 2.45) is 0 Å². The van der Waals surface area contributed by atoms with Crippen LogP contribution >= 0.6 is 0 Å². The Morgan fingerprint density at radius 1 is 1.24 bits per heavy atom. The lowest BCUT2D eigenvalue weighted by molar-refractivity contribution is -0.133. The maximum Gasteiger partial charge on any atom is 0.236 e. The molecule has 3 heterocycles. The topological polar surface area (TPSA) is 76.6 Å². The van der Waals surface area contributed by atoms with Crippen molar-refractivity contribution in [2.45, 2.75) is 32.7 Å². The van der Waals surface area contributed by atoms with E-state index in [1.807, 2.05) is 9.80 Å². The van der Waals surface area contributed by atoms with E-state index in [1.54, 1.807) is 6.92 Å². The van der Waals surface area contributed by atoms with Crippen LogP contribution in [0.1, 0.15) is 41.6 Å². The van der Waals surface area contributed by atoms with Gasteiger partial charge in [-0.3, -0.25) is 9.69 Å². The SMILES string of the molecule is Cc1cccc([C@H]2CCCN2CC(=O)N2CCN(c3oc(C)nc3C#N)CC2)c1. The van der Waals surface area contributed by atoms with E-state index in [9.17, 15) is 10.1 Å². The molecule has 0 bridgehead atoms. The first kappa shape index (κ1) is 19.5. The Morgan fingerprint density at radius 3 is 2.76 bits per heavy atom. The van der Waals surface area contributed by atoms with Gasteiger partial charge in [0.05, 0.1) is 6.54 Å². The van der Waals surface area contributed by atoms with Crippen LogP contribution in [-0.4, -0.2) is 60.0 Å². The van der Waals surface area contributed by atoms with E-state index in [0.717, 1.165) is 19.4 Å². The Kier molecular flexibility index (Phi) is 5.54. The molecule has 152 valence electrons. The van der Waals surface area contributed by atoms with Gasteiger partial charge in [-0.1, -0.05) is 29.8 Å². The van der Waals surface area contributed by atoms with Crippen molar-refractivity contribution in [3.63, 3.8) is 0 Å². The zero-order valence-corrected chi connectivity index (χ0v) is 17.1. The quantitative estimate of drug-likeness (QED) is 0.795. The number of nitrogens with zero attached hydrogens (tertiary/aromatic N) is 5. The number of oxazole rings is 1. The Morgan fingerprint density at radius 2 is 2.03 bits per heavy atom. The average molecular weight is 393 g/mol. The number of aromatic nitrogens is 1. The number of carbonyl (C=O) groups excluding carboxylic acids is 1. The molecule has 7 nitrogen and oxygen atoms in total. The molecule has 0 spiro atoms. The highest BCUT2D eigenvalue weighted by molar-refractivity contribution is 5.78. The summed E-state index contributed by atoms with van der Waals surface area (Å²) in [5, 5.41) is 9.23. The van der Waals surface area contributed by atoms with Gasteiger partial charge in [0.2, 0.25) is 17.5 Å². The van der Waals surface area contributed by atoms with Crippen molar-refractivity contribution in [3.05, 3.63) is 47.0 Å². The number of piperazine rings is 1. The molecule has 0 saturated carbocycles. The van der Waals surface area contributed by atoms with E-state index in [-0.39, 0.29) is 5.91 Å². The van der Waals surface area contributed by atoms with Gasteiger partial charge in [0.25, 0.3) is 0 Å². The van der Waals surface area contributed by atoms with Crippen LogP contribution < -0.4 is 4.90 Å². The number of carbonyl (C=O) groups is 1. The fourth-order valence-corrected chi connectivity index (χ4v) is 4.41. The van der Waals surface area contributed by atoms with Gasteiger partial charge in [0.1, 0.15) is 6.07 Å². The molecule has 1 atom stereocenters. The molecule has 1 aromatic carbocycles. The highest BCUT2D eigenvalue weighted by Crippen LogP contribution is 2.32. The van der Waals surface area contributed by atoms with Crippen molar-refractivity contribution in [3.8, 4) is 6.07 Å². The van der Waals surface area contributed by atoms with Crippen molar-refractivity contribution in [1.29, 1.82) is 5.26 Å². The van der Waals surface area contributed by atoms with E-state index in [2.05, 4.69) is 47.1 Å². The zero-order chi connectivity index (χ0) is 20.4. The first-order chi connectivity index (χ1) is 14.0. The number of amides is 1. The van der Waals surface area contributed by atoms with Gasteiger partial charge in [0, 0.05) is 39.1 Å². The summed E-state index contributed by atoms with van der Waals surface area (Å²) in [5.41, 5.74) is 2.89. The minimum atomic E-state index is 0.179. The van der Waals surface area contributed by atoms with Crippen LogP contribution in [0.5, 0.6) is 0 Å². The second-order valence-electron chi connectivity index (χ2n) is 7.91. The minimum Gasteiger partial charge on any atom is -0.424 e. The summed E-state index contributed by atoms with van der Waals surface area (Å²) in [6, 6.07) is 11.0. The number of aryl methyl sites for hydroxylation is 2. The Balaban J connectivity index is 1.36. The van der Waals surface area contributed by atoms with Crippen LogP contribution in [-0.2, 0) is 4.79 Å². The number of hydrogen-bond donors (Lipinski definition) is 0. The van der Waals surface area contributed by atoms with E-state index in [0.29, 0.717) is 56.2 Å². The molecule has 2 aliphatic rings. The molecule has 0 aliphatic carbocycles. The van der Waals surface area contributed by atoms with Crippen molar-refractivity contribution in [1.82, 2.24) is 14.8 Å². The summed E-state index contributed by atoms with van der Waals surface area (Å²) in [6.07, 6.45) is 2.23. The molecular weight excluding hydrogens is 366 g/mol. The number of benzene rings is 1. The van der Waals surface area contributed by atoms with E-state index >= 15 is 0 Å². The summed E-state index contributed by atoms with van der Waals surface area (Å²) in [5.74, 6) is 1.20. The average Bonchev–Trinajstić information content (AvgIpc) is 3.34. The molecule has 0 unspecified atom stereocenters. The van der Waals surface area contributed by atoms with Crippen molar-refractivity contribution in [2.75, 3.05) is 44.2 Å². The van der Waals surface area contributed by atoms with Gasteiger partial charge >= 0.3 is 0 Å². The Labute approximate surface area is 171 Å². The normalized spacial score (nSPS) is 20.1. The molecule has 2 fully saturated rings. The van der Waals surface area contributed by atoms with E-state index in [4.69, 9.17) is 4.42 Å². The fourth-order valence-electron chi connectivity index (χ4n) is 4.41. The minimum absolute atomic E-state index is 0.179. The summed E-state index contributed by atoms with van der Waals surface area (Å²) < 4.78 is 5.60. The largest absolute Gasteiger partial charge is 0.424 e. The second kappa shape index (κ2) is 8.26. The summed E-state index contributed by atoms with van der Waals surface area (Å²) >= 11 is 0. The van der Waals surface area contributed by atoms with Crippen LogP contribution in [0, 0.1) is 25.2 Å². The summed E-state index contributed by atoms with van der Waals surface area (Å²) in [7, 11) is 0. The van der Waals surface area contributed by atoms with Gasteiger partial charge in [-0.05, 0) is 31.9 Å². The number of anilines is 1. The number of hydrogen-bond acceptors (Lipinski definition) is 6. The Bertz CT molecular complexity index is 924. The summed E-state index contributed by atoms with van der Waals surface area (Å²) in [4.78, 5) is 23.3. The third-order valence-corrected chi connectivity index (χ3v) is 5.87. The zero-order valence-electron chi connectivity index (χ0n) is 17.1. The molecule has 4 rings (SSSR count). The molecule has 1 aromatic heterocycles. The van der Waals surface area contributed by atoms with Gasteiger partial charge in [-0.2, -0.15) is 5.26 Å². The van der Waals surface area contributed by atoms with Crippen LogP contribution in [0.15, 0.2) is 28.7 Å². The molecular formula is C22H27N5O2. The molecule has 2 saturated heterocycles. The standard InChI is InChI=1S/C22H27N5O2/c1-16-5-3-6-18(13-16)20-7-4-8-27(20)15-21(28)25-9-11-26(12-10-25)22-19(14-23)24-17(2)29-22/h3,5-6,13,20H,4,7-12,15H2,1-2H3/t20-/m1/s1. The van der Waals surface area contributed by atoms with Crippen LogP contribution in [0.2, 0.25) is 0 Å². The van der Waals surface area contributed by atoms with E-state index < -0.39 is 0 Å². The molecule has 29 heavy (non-hydrogen) atoms. The van der Waals surface area contributed by atoms with Crippen LogP contribution in [0.25, 0.3) is 0 Å². The molecule has 0 radical (unpaired) electrons. The highest BCUT2D eigenvalue weighted by atomic mass is 16.4. The first-order valence-electron chi connectivity index (χ1n) is 10.3. The van der Waals surface area contributed by atoms with Crippen LogP contribution in [0.4, 0.5) is 5.88 Å². The second-order valence-corrected chi connectivity index (χ2v) is 7.91.